The van der Waals surface area contributed by atoms with Crippen LogP contribution in [0.4, 0.5) is 0 Å². The van der Waals surface area contributed by atoms with Gasteiger partial charge in [0, 0.05) is 5.16 Å². The third-order valence-electron chi connectivity index (χ3n) is 2.22. The van der Waals surface area contributed by atoms with Crippen LogP contribution in [0.3, 0.4) is 0 Å². The van der Waals surface area contributed by atoms with Gasteiger partial charge in [-0.1, -0.05) is 0 Å². The standard InChI is InChI=1S/C13H17NO3/c1-5-10(2)17-13(14-16-4)11-6-8-12(15-3)9-7-11/h5-9H,1-4H3/p+1/b10-5+,14-13+. The molecule has 0 radical (unpaired) electrons. The van der Waals surface area contributed by atoms with Gasteiger partial charge in [0.05, 0.1) is 12.7 Å². The highest BCUT2D eigenvalue weighted by Crippen LogP contribution is 2.12. The zero-order valence-electron chi connectivity index (χ0n) is 10.6. The predicted octanol–water partition coefficient (Wildman–Crippen LogP) is 1.02. The molecule has 92 valence electrons. The van der Waals surface area contributed by atoms with Crippen molar-refractivity contribution in [3.63, 3.8) is 0 Å². The molecule has 4 heteroatoms. The molecule has 0 spiro atoms. The first-order valence-electron chi connectivity index (χ1n) is 5.32. The molecule has 0 aliphatic heterocycles. The van der Waals surface area contributed by atoms with Gasteiger partial charge >= 0.3 is 5.90 Å². The highest BCUT2D eigenvalue weighted by atomic mass is 16.6. The number of rotatable bonds is 4. The maximum absolute atomic E-state index is 5.60. The summed E-state index contributed by atoms with van der Waals surface area (Å²) in [6.07, 6.45) is 1.88. The first kappa shape index (κ1) is 13.1. The van der Waals surface area contributed by atoms with Crippen molar-refractivity contribution in [1.29, 1.82) is 0 Å². The average Bonchev–Trinajstić information content (AvgIpc) is 2.38. The van der Waals surface area contributed by atoms with Gasteiger partial charge in [0.15, 0.2) is 0 Å². The fraction of sp³-hybridized carbons (Fsp3) is 0.308. The van der Waals surface area contributed by atoms with Gasteiger partial charge < -0.3 is 9.47 Å². The minimum Gasteiger partial charge on any atom is -0.497 e. The molecule has 0 saturated heterocycles. The normalized spacial score (nSPS) is 12.2. The van der Waals surface area contributed by atoms with E-state index < -0.39 is 0 Å². The van der Waals surface area contributed by atoms with Crippen molar-refractivity contribution < 1.29 is 19.5 Å². The van der Waals surface area contributed by atoms with Crippen LogP contribution in [0, 0.1) is 0 Å². The average molecular weight is 236 g/mol. The van der Waals surface area contributed by atoms with Crippen molar-refractivity contribution in [3.8, 4) is 5.75 Å². The summed E-state index contributed by atoms with van der Waals surface area (Å²) in [6.45, 7) is 3.79. The Hall–Kier alpha value is -1.97. The van der Waals surface area contributed by atoms with E-state index in [0.29, 0.717) is 5.90 Å². The van der Waals surface area contributed by atoms with Crippen LogP contribution in [0.15, 0.2) is 36.1 Å². The Morgan fingerprint density at radius 1 is 1.18 bits per heavy atom. The van der Waals surface area contributed by atoms with Crippen molar-refractivity contribution in [2.75, 3.05) is 14.2 Å². The van der Waals surface area contributed by atoms with Gasteiger partial charge in [0.1, 0.15) is 18.6 Å². The zero-order chi connectivity index (χ0) is 12.7. The monoisotopic (exact) mass is 236 g/mol. The van der Waals surface area contributed by atoms with Crippen LogP contribution in [-0.2, 0) is 9.57 Å². The van der Waals surface area contributed by atoms with E-state index in [0.717, 1.165) is 17.1 Å². The second kappa shape index (κ2) is 6.58. The van der Waals surface area contributed by atoms with Crippen LogP contribution in [0.1, 0.15) is 19.4 Å². The number of ether oxygens (including phenoxy) is 2. The van der Waals surface area contributed by atoms with E-state index in [4.69, 9.17) is 14.3 Å². The third-order valence-corrected chi connectivity index (χ3v) is 2.22. The summed E-state index contributed by atoms with van der Waals surface area (Å²) in [4.78, 5) is 4.89. The van der Waals surface area contributed by atoms with E-state index in [1.807, 2.05) is 44.2 Å². The first-order valence-corrected chi connectivity index (χ1v) is 5.32. The van der Waals surface area contributed by atoms with Crippen LogP contribution in [0.2, 0.25) is 0 Å². The quantitative estimate of drug-likeness (QED) is 0.367. The lowest BCUT2D eigenvalue weighted by atomic mass is 10.2. The van der Waals surface area contributed by atoms with Crippen molar-refractivity contribution >= 4 is 5.90 Å². The van der Waals surface area contributed by atoms with Crippen LogP contribution in [0.5, 0.6) is 5.75 Å². The highest BCUT2D eigenvalue weighted by Gasteiger charge is 2.13. The summed E-state index contributed by atoms with van der Waals surface area (Å²) in [7, 11) is 3.17. The predicted molar refractivity (Wildman–Crippen MR) is 65.6 cm³/mol. The molecule has 1 aromatic rings. The molecule has 0 aliphatic carbocycles. The van der Waals surface area contributed by atoms with E-state index in [1.54, 1.807) is 7.11 Å². The molecular weight excluding hydrogens is 218 g/mol. The zero-order valence-corrected chi connectivity index (χ0v) is 10.6. The van der Waals surface area contributed by atoms with Gasteiger partial charge in [-0.25, -0.2) is 0 Å². The minimum atomic E-state index is 0.547. The molecule has 0 heterocycles. The molecule has 0 amide bonds. The molecule has 0 unspecified atom stereocenters. The van der Waals surface area contributed by atoms with Gasteiger partial charge in [0.2, 0.25) is 0 Å². The summed E-state index contributed by atoms with van der Waals surface area (Å²) in [5, 5.41) is 2.71. The molecule has 0 bridgehead atoms. The van der Waals surface area contributed by atoms with Crippen molar-refractivity contribution in [1.82, 2.24) is 0 Å². The lowest BCUT2D eigenvalue weighted by Crippen LogP contribution is -2.71. The topological polar surface area (TPSA) is 41.7 Å². The number of hydrogen-bond donors (Lipinski definition) is 1. The molecule has 1 rings (SSSR count). The lowest BCUT2D eigenvalue weighted by molar-refractivity contribution is -0.748. The fourth-order valence-electron chi connectivity index (χ4n) is 1.19. The number of methoxy groups -OCH3 is 1. The number of nitrogens with one attached hydrogen (secondary N) is 1. The molecule has 0 fully saturated rings. The van der Waals surface area contributed by atoms with Crippen LogP contribution in [0.25, 0.3) is 0 Å². The number of allylic oxidation sites excluding steroid dienone is 2. The molecule has 1 aromatic carbocycles. The maximum Gasteiger partial charge on any atom is 0.421 e. The highest BCUT2D eigenvalue weighted by molar-refractivity contribution is 5.90. The Bertz CT molecular complexity index is 407. The maximum atomic E-state index is 5.60. The Morgan fingerprint density at radius 2 is 1.82 bits per heavy atom. The SMILES string of the molecule is C/C=C(\C)O/C(=[NH+]/OC)c1ccc(OC)cc1. The summed E-state index contributed by atoms with van der Waals surface area (Å²) in [5.41, 5.74) is 0.883. The van der Waals surface area contributed by atoms with E-state index in [2.05, 4.69) is 5.16 Å². The van der Waals surface area contributed by atoms with E-state index in [9.17, 15) is 0 Å². The van der Waals surface area contributed by atoms with Gasteiger partial charge in [-0.05, 0) is 44.2 Å². The van der Waals surface area contributed by atoms with Gasteiger partial charge in [0.25, 0.3) is 0 Å². The molecule has 4 nitrogen and oxygen atoms in total. The summed E-state index contributed by atoms with van der Waals surface area (Å²) < 4.78 is 10.7. The van der Waals surface area contributed by atoms with E-state index in [-0.39, 0.29) is 0 Å². The largest absolute Gasteiger partial charge is 0.497 e. The number of hydrogen-bond acceptors (Lipinski definition) is 3. The van der Waals surface area contributed by atoms with Gasteiger partial charge in [-0.2, -0.15) is 0 Å². The fourth-order valence-corrected chi connectivity index (χ4v) is 1.19. The van der Waals surface area contributed by atoms with Crippen LogP contribution >= 0.6 is 0 Å². The molecule has 0 aromatic heterocycles. The number of benzene rings is 1. The van der Waals surface area contributed by atoms with Crippen molar-refractivity contribution in [2.45, 2.75) is 13.8 Å². The molecule has 0 atom stereocenters. The van der Waals surface area contributed by atoms with Gasteiger partial charge in [-0.3, -0.25) is 4.84 Å². The van der Waals surface area contributed by atoms with E-state index in [1.165, 1.54) is 7.11 Å². The Morgan fingerprint density at radius 3 is 2.29 bits per heavy atom. The van der Waals surface area contributed by atoms with E-state index >= 15 is 0 Å². The summed E-state index contributed by atoms with van der Waals surface area (Å²) in [5.74, 6) is 2.14. The van der Waals surface area contributed by atoms with Crippen molar-refractivity contribution in [2.24, 2.45) is 0 Å². The Labute approximate surface area is 101 Å². The first-order chi connectivity index (χ1) is 8.21. The Kier molecular flexibility index (Phi) is 5.07. The molecule has 17 heavy (non-hydrogen) atoms. The smallest absolute Gasteiger partial charge is 0.421 e. The summed E-state index contributed by atoms with van der Waals surface area (Å²) in [6, 6.07) is 7.51. The molecule has 1 N–H and O–H groups in total. The lowest BCUT2D eigenvalue weighted by Gasteiger charge is -2.04. The Balaban J connectivity index is 2.94. The van der Waals surface area contributed by atoms with Crippen LogP contribution in [-0.4, -0.2) is 20.1 Å². The molecule has 0 saturated carbocycles. The molecule has 0 aliphatic rings. The third kappa shape index (κ3) is 3.83. The second-order valence-corrected chi connectivity index (χ2v) is 3.37. The summed E-state index contributed by atoms with van der Waals surface area (Å²) >= 11 is 0. The van der Waals surface area contributed by atoms with Crippen molar-refractivity contribution in [3.05, 3.63) is 41.7 Å². The van der Waals surface area contributed by atoms with Gasteiger partial charge in [-0.15, -0.1) is 0 Å². The second-order valence-electron chi connectivity index (χ2n) is 3.37. The molecular formula is C13H18NO3+. The minimum absolute atomic E-state index is 0.547. The van der Waals surface area contributed by atoms with Crippen LogP contribution < -0.4 is 9.89 Å².